The Morgan fingerprint density at radius 2 is 2.05 bits per heavy atom. The number of hydrogen-bond donors (Lipinski definition) is 0. The summed E-state index contributed by atoms with van der Waals surface area (Å²) in [6.45, 7) is 0. The molecule has 8 nitrogen and oxygen atoms in total. The van der Waals surface area contributed by atoms with Crippen molar-refractivity contribution in [1.29, 1.82) is 0 Å². The zero-order valence-electron chi connectivity index (χ0n) is 10.6. The number of nitro groups is 1. The zero-order chi connectivity index (χ0) is 14.6. The van der Waals surface area contributed by atoms with Gasteiger partial charge in [-0.05, 0) is 6.07 Å². The highest BCUT2D eigenvalue weighted by molar-refractivity contribution is 7.90. The molecule has 19 heavy (non-hydrogen) atoms. The molecule has 0 atom stereocenters. The van der Waals surface area contributed by atoms with E-state index < -0.39 is 25.5 Å². The number of benzene rings is 1. The van der Waals surface area contributed by atoms with Crippen molar-refractivity contribution in [3.05, 3.63) is 28.3 Å². The van der Waals surface area contributed by atoms with E-state index in [1.54, 1.807) is 14.1 Å². The van der Waals surface area contributed by atoms with Gasteiger partial charge in [0, 0.05) is 20.2 Å². The fraction of sp³-hybridized carbons (Fsp3) is 0.300. The number of rotatable bonds is 5. The number of sulfonamides is 1. The van der Waals surface area contributed by atoms with Gasteiger partial charge in [0.25, 0.3) is 15.7 Å². The lowest BCUT2D eigenvalue weighted by molar-refractivity contribution is -0.387. The fourth-order valence-corrected chi connectivity index (χ4v) is 2.51. The Morgan fingerprint density at radius 3 is 2.53 bits per heavy atom. The average molecular weight is 287 g/mol. The molecule has 0 spiro atoms. The minimum atomic E-state index is -4.21. The lowest BCUT2D eigenvalue weighted by atomic mass is 10.3. The second-order valence-corrected chi connectivity index (χ2v) is 5.29. The number of nitrogens with zero attached hydrogens (tertiary/aromatic N) is 3. The highest BCUT2D eigenvalue weighted by Crippen LogP contribution is 2.33. The van der Waals surface area contributed by atoms with Crippen molar-refractivity contribution >= 4 is 22.0 Å². The van der Waals surface area contributed by atoms with Gasteiger partial charge in [-0.2, -0.15) is 8.42 Å². The van der Waals surface area contributed by atoms with Gasteiger partial charge >= 0.3 is 0 Å². The van der Waals surface area contributed by atoms with Gasteiger partial charge in [0.15, 0.2) is 0 Å². The summed E-state index contributed by atoms with van der Waals surface area (Å²) in [5, 5.41) is 10.9. The molecule has 0 N–H and O–H groups in total. The molecule has 0 bridgehead atoms. The Morgan fingerprint density at radius 1 is 1.42 bits per heavy atom. The Hall–Kier alpha value is -2.16. The van der Waals surface area contributed by atoms with Crippen molar-refractivity contribution in [2.24, 2.45) is 4.40 Å². The van der Waals surface area contributed by atoms with Crippen molar-refractivity contribution in [3.63, 3.8) is 0 Å². The predicted octanol–water partition coefficient (Wildman–Crippen LogP) is 0.882. The summed E-state index contributed by atoms with van der Waals surface area (Å²) in [7, 11) is 0.175. The number of hydrogen-bond acceptors (Lipinski definition) is 5. The molecule has 0 saturated carbocycles. The summed E-state index contributed by atoms with van der Waals surface area (Å²) < 4.78 is 32.3. The number of ether oxygens (including phenoxy) is 1. The van der Waals surface area contributed by atoms with Crippen LogP contribution in [0.5, 0.6) is 5.75 Å². The molecule has 9 heteroatoms. The van der Waals surface area contributed by atoms with Crippen LogP contribution in [0.1, 0.15) is 0 Å². The van der Waals surface area contributed by atoms with Crippen LogP contribution < -0.4 is 4.74 Å². The van der Waals surface area contributed by atoms with Gasteiger partial charge in [-0.1, -0.05) is 6.07 Å². The Bertz CT molecular complexity index is 610. The molecule has 1 aromatic carbocycles. The quantitative estimate of drug-likeness (QED) is 0.345. The smallest absolute Gasteiger partial charge is 0.294 e. The van der Waals surface area contributed by atoms with Gasteiger partial charge in [-0.15, -0.1) is 4.40 Å². The third kappa shape index (κ3) is 3.41. The first kappa shape index (κ1) is 14.9. The van der Waals surface area contributed by atoms with Gasteiger partial charge < -0.3 is 9.64 Å². The molecule has 104 valence electrons. The standard InChI is InChI=1S/C10H13N3O5S/c1-12(2)7-11-19(16,17)10-8(13(14)15)5-4-6-9(10)18-3/h4-7H,1-3H3. The van der Waals surface area contributed by atoms with E-state index in [-0.39, 0.29) is 5.75 Å². The van der Waals surface area contributed by atoms with E-state index >= 15 is 0 Å². The van der Waals surface area contributed by atoms with Crippen LogP contribution in [0.3, 0.4) is 0 Å². The monoisotopic (exact) mass is 287 g/mol. The van der Waals surface area contributed by atoms with Crippen molar-refractivity contribution in [3.8, 4) is 5.75 Å². The van der Waals surface area contributed by atoms with Crippen LogP contribution in [0.4, 0.5) is 5.69 Å². The minimum Gasteiger partial charge on any atom is -0.495 e. The van der Waals surface area contributed by atoms with Crippen LogP contribution in [-0.2, 0) is 10.0 Å². The van der Waals surface area contributed by atoms with Crippen LogP contribution >= 0.6 is 0 Å². The Labute approximate surface area is 110 Å². The van der Waals surface area contributed by atoms with Crippen LogP contribution in [-0.4, -0.2) is 45.8 Å². The van der Waals surface area contributed by atoms with E-state index in [1.807, 2.05) is 0 Å². The molecule has 0 radical (unpaired) electrons. The summed E-state index contributed by atoms with van der Waals surface area (Å²) in [6, 6.07) is 3.75. The summed E-state index contributed by atoms with van der Waals surface area (Å²) in [6.07, 6.45) is 1.05. The zero-order valence-corrected chi connectivity index (χ0v) is 11.4. The maximum Gasteiger partial charge on any atom is 0.294 e. The summed E-state index contributed by atoms with van der Waals surface area (Å²) in [5.41, 5.74) is -0.574. The normalized spacial score (nSPS) is 11.5. The van der Waals surface area contributed by atoms with Crippen LogP contribution in [0.25, 0.3) is 0 Å². The van der Waals surface area contributed by atoms with Crippen molar-refractivity contribution < 1.29 is 18.1 Å². The molecule has 0 aliphatic carbocycles. The second-order valence-electron chi connectivity index (χ2n) is 3.73. The molecule has 1 rings (SSSR count). The number of nitro benzene ring substituents is 1. The average Bonchev–Trinajstić information content (AvgIpc) is 2.35. The summed E-state index contributed by atoms with van der Waals surface area (Å²) in [4.78, 5) is 11.0. The lowest BCUT2D eigenvalue weighted by Gasteiger charge is -2.07. The summed E-state index contributed by atoms with van der Waals surface area (Å²) >= 11 is 0. The molecule has 0 amide bonds. The van der Waals surface area contributed by atoms with E-state index in [2.05, 4.69) is 4.40 Å². The van der Waals surface area contributed by atoms with E-state index in [4.69, 9.17) is 4.74 Å². The first-order valence-corrected chi connectivity index (χ1v) is 6.52. The van der Waals surface area contributed by atoms with Gasteiger partial charge in [0.2, 0.25) is 4.90 Å². The minimum absolute atomic E-state index is 0.120. The largest absolute Gasteiger partial charge is 0.495 e. The van der Waals surface area contributed by atoms with Gasteiger partial charge in [-0.25, -0.2) is 0 Å². The highest BCUT2D eigenvalue weighted by atomic mass is 32.2. The fourth-order valence-electron chi connectivity index (χ4n) is 1.28. The first-order chi connectivity index (χ1) is 8.79. The molecule has 1 aromatic rings. The molecule has 0 aliphatic rings. The molecule has 0 saturated heterocycles. The molecule has 0 fully saturated rings. The van der Waals surface area contributed by atoms with E-state index in [9.17, 15) is 18.5 Å². The Kier molecular flexibility index (Phi) is 4.43. The predicted molar refractivity (Wildman–Crippen MR) is 69.0 cm³/mol. The SMILES string of the molecule is COc1cccc([N+](=O)[O-])c1S(=O)(=O)N=CN(C)C. The first-order valence-electron chi connectivity index (χ1n) is 5.08. The second kappa shape index (κ2) is 5.65. The molecular weight excluding hydrogens is 274 g/mol. The molecular formula is C10H13N3O5S. The third-order valence-electron chi connectivity index (χ3n) is 2.05. The Balaban J connectivity index is 3.51. The number of methoxy groups -OCH3 is 1. The van der Waals surface area contributed by atoms with Crippen molar-refractivity contribution in [2.75, 3.05) is 21.2 Å². The van der Waals surface area contributed by atoms with Crippen molar-refractivity contribution in [2.45, 2.75) is 4.90 Å². The van der Waals surface area contributed by atoms with E-state index in [1.165, 1.54) is 24.1 Å². The summed E-state index contributed by atoms with van der Waals surface area (Å²) in [5.74, 6) is -0.120. The highest BCUT2D eigenvalue weighted by Gasteiger charge is 2.29. The van der Waals surface area contributed by atoms with E-state index in [0.29, 0.717) is 0 Å². The maximum absolute atomic E-state index is 12.0. The third-order valence-corrected chi connectivity index (χ3v) is 3.35. The lowest BCUT2D eigenvalue weighted by Crippen LogP contribution is -2.11. The topological polar surface area (TPSA) is 102 Å². The van der Waals surface area contributed by atoms with E-state index in [0.717, 1.165) is 12.4 Å². The van der Waals surface area contributed by atoms with Crippen LogP contribution in [0, 0.1) is 10.1 Å². The van der Waals surface area contributed by atoms with Gasteiger partial charge in [0.1, 0.15) is 12.1 Å². The van der Waals surface area contributed by atoms with Gasteiger partial charge in [0.05, 0.1) is 12.0 Å². The molecule has 0 aliphatic heterocycles. The molecule has 0 unspecified atom stereocenters. The molecule has 0 aromatic heterocycles. The van der Waals surface area contributed by atoms with Crippen LogP contribution in [0.15, 0.2) is 27.5 Å². The maximum atomic E-state index is 12.0. The van der Waals surface area contributed by atoms with Crippen molar-refractivity contribution in [1.82, 2.24) is 4.90 Å². The van der Waals surface area contributed by atoms with Crippen LogP contribution in [0.2, 0.25) is 0 Å². The van der Waals surface area contributed by atoms with Gasteiger partial charge in [-0.3, -0.25) is 10.1 Å². The molecule has 0 heterocycles.